The van der Waals surface area contributed by atoms with Gasteiger partial charge < -0.3 is 19.2 Å². The van der Waals surface area contributed by atoms with Crippen LogP contribution in [0.2, 0.25) is 5.04 Å². The summed E-state index contributed by atoms with van der Waals surface area (Å²) in [4.78, 5) is 30.7. The van der Waals surface area contributed by atoms with Gasteiger partial charge in [0.2, 0.25) is 11.8 Å². The van der Waals surface area contributed by atoms with E-state index in [1.807, 2.05) is 53.9 Å². The minimum Gasteiger partial charge on any atom is -0.508 e. The third kappa shape index (κ3) is 6.08. The Kier molecular flexibility index (Phi) is 9.36. The molecule has 1 aliphatic carbocycles. The summed E-state index contributed by atoms with van der Waals surface area (Å²) in [6.45, 7) is 7.05. The second-order valence-corrected chi connectivity index (χ2v) is 20.5. The average Bonchev–Trinajstić information content (AvgIpc) is 3.69. The van der Waals surface area contributed by atoms with Gasteiger partial charge in [-0.3, -0.25) is 14.5 Å². The number of likely N-dealkylation sites (tertiary alicyclic amines) is 1. The minimum atomic E-state index is -2.97. The van der Waals surface area contributed by atoms with Gasteiger partial charge in [0.05, 0.1) is 31.1 Å². The molecule has 7 rings (SSSR count). The van der Waals surface area contributed by atoms with Crippen molar-refractivity contribution in [2.24, 2.45) is 17.8 Å². The van der Waals surface area contributed by atoms with Crippen LogP contribution in [0.3, 0.4) is 0 Å². The highest BCUT2D eigenvalue weighted by molar-refractivity contribution is 9.10. The van der Waals surface area contributed by atoms with Gasteiger partial charge in [-0.05, 0) is 74.9 Å². The first-order valence-electron chi connectivity index (χ1n) is 16.7. The molecule has 4 aromatic rings. The monoisotopic (exact) mass is 755 g/mol. The summed E-state index contributed by atoms with van der Waals surface area (Å²) in [6.07, 6.45) is -0.0624. The van der Waals surface area contributed by atoms with Crippen LogP contribution in [0.4, 0.5) is 0 Å². The highest BCUT2D eigenvalue weighted by Crippen LogP contribution is 2.53. The number of imide groups is 1. The third-order valence-electron chi connectivity index (χ3n) is 10.4. The first-order valence-corrected chi connectivity index (χ1v) is 20.2. The van der Waals surface area contributed by atoms with Crippen LogP contribution in [0.25, 0.3) is 0 Å². The number of phenolic OH excluding ortho intramolecular Hbond substituents is 1. The lowest BCUT2D eigenvalue weighted by Crippen LogP contribution is -2.66. The zero-order valence-corrected chi connectivity index (χ0v) is 31.1. The second-order valence-electron chi connectivity index (χ2n) is 14.2. The highest BCUT2D eigenvalue weighted by atomic mass is 79.9. The Morgan fingerprint density at radius 2 is 1.63 bits per heavy atom. The fourth-order valence-electron chi connectivity index (χ4n) is 8.26. The van der Waals surface area contributed by atoms with Crippen molar-refractivity contribution >= 4 is 64.9 Å². The molecular weight excluding hydrogens is 717 g/mol. The van der Waals surface area contributed by atoms with Crippen LogP contribution >= 0.6 is 27.3 Å². The third-order valence-corrected chi connectivity index (χ3v) is 16.7. The molecule has 0 saturated carbocycles. The number of phenols is 1. The van der Waals surface area contributed by atoms with Crippen molar-refractivity contribution < 1.29 is 28.8 Å². The van der Waals surface area contributed by atoms with Crippen LogP contribution in [0.15, 0.2) is 112 Å². The Bertz CT molecular complexity index is 1840. The van der Waals surface area contributed by atoms with Gasteiger partial charge in [0.1, 0.15) is 5.75 Å². The molecule has 49 heavy (non-hydrogen) atoms. The van der Waals surface area contributed by atoms with Crippen LogP contribution < -0.4 is 10.4 Å². The number of amides is 2. The number of halogens is 1. The standard InChI is InChI=1S/C38H39BBrNO6SSi/c1-38(2,3)49(27-12-6-4-7-13-27,28-14-8-5-9-15-28)46-23-24-19-31-34(37(44)41(36(31)43)22-26-11-10-18-48-26)30-21-33(47-39(45)35(24)30)29-20-25(40)16-17-32(29)42/h4-18,20,30-31,33-34,42,45H,19,21-23H2,1-3H3/t30-,31-,33-,34+/m0/s1. The van der Waals surface area contributed by atoms with E-state index in [0.29, 0.717) is 23.9 Å². The summed E-state index contributed by atoms with van der Waals surface area (Å²) >= 11 is 5.01. The molecule has 4 atom stereocenters. The molecule has 7 nitrogen and oxygen atoms in total. The van der Waals surface area contributed by atoms with Gasteiger partial charge in [0.15, 0.2) is 0 Å². The number of thiophene rings is 1. The predicted molar refractivity (Wildman–Crippen MR) is 198 cm³/mol. The molecule has 0 bridgehead atoms. The van der Waals surface area contributed by atoms with E-state index < -0.39 is 39.3 Å². The molecule has 0 radical (unpaired) electrons. The van der Waals surface area contributed by atoms with Gasteiger partial charge in [0, 0.05) is 14.9 Å². The topological polar surface area (TPSA) is 96.3 Å². The smallest absolute Gasteiger partial charge is 0.487 e. The normalized spacial score (nSPS) is 22.8. The van der Waals surface area contributed by atoms with Gasteiger partial charge in [-0.15, -0.1) is 11.3 Å². The van der Waals surface area contributed by atoms with E-state index in [9.17, 15) is 19.7 Å². The van der Waals surface area contributed by atoms with E-state index in [2.05, 4.69) is 61.0 Å². The average molecular weight is 757 g/mol. The molecule has 11 heteroatoms. The minimum absolute atomic E-state index is 0.0450. The molecule has 2 N–H and O–H groups in total. The fourth-order valence-corrected chi connectivity index (χ4v) is 13.9. The summed E-state index contributed by atoms with van der Waals surface area (Å²) in [6, 6.07) is 29.7. The van der Waals surface area contributed by atoms with Crippen LogP contribution in [0.1, 0.15) is 50.2 Å². The maximum atomic E-state index is 14.2. The Labute approximate surface area is 301 Å². The van der Waals surface area contributed by atoms with Crippen LogP contribution in [-0.2, 0) is 25.2 Å². The highest BCUT2D eigenvalue weighted by Gasteiger charge is 2.58. The van der Waals surface area contributed by atoms with E-state index in [0.717, 1.165) is 25.3 Å². The van der Waals surface area contributed by atoms with Crippen molar-refractivity contribution in [2.45, 2.75) is 51.3 Å². The van der Waals surface area contributed by atoms with Crippen molar-refractivity contribution in [2.75, 3.05) is 6.61 Å². The van der Waals surface area contributed by atoms with Crippen molar-refractivity contribution in [3.63, 3.8) is 0 Å². The molecule has 3 heterocycles. The molecule has 3 aliphatic rings. The van der Waals surface area contributed by atoms with Gasteiger partial charge >= 0.3 is 7.12 Å². The molecule has 252 valence electrons. The number of fused-ring (bicyclic) bond motifs is 3. The number of allylic oxidation sites excluding steroid dienone is 1. The summed E-state index contributed by atoms with van der Waals surface area (Å²) in [5.74, 6) is -2.06. The van der Waals surface area contributed by atoms with Gasteiger partial charge in [-0.1, -0.05) is 103 Å². The van der Waals surface area contributed by atoms with Crippen molar-refractivity contribution in [3.8, 4) is 5.75 Å². The van der Waals surface area contributed by atoms with Crippen molar-refractivity contribution in [3.05, 3.63) is 122 Å². The number of nitrogens with zero attached hydrogens (tertiary/aromatic N) is 1. The molecule has 2 aliphatic heterocycles. The number of rotatable bonds is 8. The van der Waals surface area contributed by atoms with Crippen molar-refractivity contribution in [1.82, 2.24) is 4.90 Å². The Morgan fingerprint density at radius 1 is 0.959 bits per heavy atom. The van der Waals surface area contributed by atoms with Crippen molar-refractivity contribution in [1.29, 1.82) is 0 Å². The maximum absolute atomic E-state index is 14.2. The largest absolute Gasteiger partial charge is 0.508 e. The fraction of sp³-hybridized carbons (Fsp3) is 0.316. The SMILES string of the molecule is CC(C)(C)[Si](OCC1=C2B(O)O[C@H](c3cc(Br)ccc3O)C[C@H]2[C@H]2C(=O)N(Cc3cccs3)C(=O)[C@H]2C1)(c1ccccc1)c1ccccc1. The van der Waals surface area contributed by atoms with E-state index in [4.69, 9.17) is 9.08 Å². The van der Waals surface area contributed by atoms with Gasteiger partial charge in [-0.25, -0.2) is 0 Å². The lowest BCUT2D eigenvalue weighted by atomic mass is 9.55. The number of carbonyl (C=O) groups excluding carboxylic acids is 2. The molecule has 2 fully saturated rings. The van der Waals surface area contributed by atoms with E-state index in [1.165, 1.54) is 16.2 Å². The first-order chi connectivity index (χ1) is 23.5. The first kappa shape index (κ1) is 34.1. The quantitative estimate of drug-likeness (QED) is 0.160. The Morgan fingerprint density at radius 3 is 2.24 bits per heavy atom. The Balaban J connectivity index is 1.31. The number of benzene rings is 3. The predicted octanol–water partition coefficient (Wildman–Crippen LogP) is 6.39. The second kappa shape index (κ2) is 13.4. The molecule has 2 saturated heterocycles. The molecule has 2 amide bonds. The number of hydrogen-bond acceptors (Lipinski definition) is 7. The van der Waals surface area contributed by atoms with E-state index in [1.54, 1.807) is 18.2 Å². The number of hydrogen-bond donors (Lipinski definition) is 2. The maximum Gasteiger partial charge on any atom is 0.487 e. The van der Waals surface area contributed by atoms with Crippen LogP contribution in [0, 0.1) is 17.8 Å². The summed E-state index contributed by atoms with van der Waals surface area (Å²) < 4.78 is 14.4. The zero-order chi connectivity index (χ0) is 34.5. The Hall–Kier alpha value is -3.32. The summed E-state index contributed by atoms with van der Waals surface area (Å²) in [5.41, 5.74) is 1.96. The molecule has 0 spiro atoms. The molecule has 0 unspecified atom stereocenters. The zero-order valence-electron chi connectivity index (χ0n) is 27.7. The lowest BCUT2D eigenvalue weighted by molar-refractivity contribution is -0.140. The summed E-state index contributed by atoms with van der Waals surface area (Å²) in [7, 11) is -4.31. The van der Waals surface area contributed by atoms with E-state index in [-0.39, 0.29) is 35.8 Å². The lowest BCUT2D eigenvalue weighted by Gasteiger charge is -2.45. The van der Waals surface area contributed by atoms with Gasteiger partial charge in [0.25, 0.3) is 8.32 Å². The molecule has 1 aromatic heterocycles. The molecular formula is C38H39BBrNO6SSi. The van der Waals surface area contributed by atoms with Crippen LogP contribution in [-0.4, -0.2) is 48.9 Å². The van der Waals surface area contributed by atoms with Gasteiger partial charge in [-0.2, -0.15) is 0 Å². The van der Waals surface area contributed by atoms with E-state index >= 15 is 0 Å². The number of carbonyl (C=O) groups is 2. The number of aromatic hydroxyl groups is 1. The van der Waals surface area contributed by atoms with Crippen LogP contribution in [0.5, 0.6) is 5.75 Å². The summed E-state index contributed by atoms with van der Waals surface area (Å²) in [5, 5.41) is 26.5. The molecule has 3 aromatic carbocycles.